The molecule has 0 bridgehead atoms. The van der Waals surface area contributed by atoms with E-state index >= 15 is 0 Å². The molecular formula is C13H27NO4. The second-order valence-electron chi connectivity index (χ2n) is 5.07. The molecule has 2 atom stereocenters. The fourth-order valence-electron chi connectivity index (χ4n) is 1.70. The molecule has 0 amide bonds. The van der Waals surface area contributed by atoms with Crippen LogP contribution in [-0.2, 0) is 9.63 Å². The summed E-state index contributed by atoms with van der Waals surface area (Å²) in [7, 11) is 0. The smallest absolute Gasteiger partial charge is 0.306 e. The molecule has 0 aliphatic carbocycles. The number of aliphatic hydroxyl groups excluding tert-OH is 1. The molecule has 0 radical (unpaired) electrons. The molecule has 0 rings (SSSR count). The zero-order valence-electron chi connectivity index (χ0n) is 11.7. The lowest BCUT2D eigenvalue weighted by atomic mass is 9.98. The third-order valence-corrected chi connectivity index (χ3v) is 2.66. The Bertz CT molecular complexity index is 221. The van der Waals surface area contributed by atoms with Crippen molar-refractivity contribution in [2.45, 2.75) is 65.0 Å². The van der Waals surface area contributed by atoms with Crippen molar-refractivity contribution in [1.82, 2.24) is 5.48 Å². The van der Waals surface area contributed by atoms with Crippen molar-refractivity contribution in [3.63, 3.8) is 0 Å². The van der Waals surface area contributed by atoms with Crippen LogP contribution in [0.3, 0.4) is 0 Å². The van der Waals surface area contributed by atoms with Gasteiger partial charge in [0.15, 0.2) is 0 Å². The van der Waals surface area contributed by atoms with Crippen molar-refractivity contribution in [1.29, 1.82) is 0 Å². The molecule has 108 valence electrons. The van der Waals surface area contributed by atoms with Gasteiger partial charge in [0.05, 0.1) is 25.2 Å². The SMILES string of the molecule is CCCCCON[C@@H](CC(C)C)[C@@H](O)CC(=O)O. The van der Waals surface area contributed by atoms with Crippen molar-refractivity contribution in [3.8, 4) is 0 Å². The van der Waals surface area contributed by atoms with Gasteiger partial charge in [0.1, 0.15) is 0 Å². The molecule has 5 nitrogen and oxygen atoms in total. The predicted octanol–water partition coefficient (Wildman–Crippen LogP) is 1.95. The van der Waals surface area contributed by atoms with Gasteiger partial charge in [0.2, 0.25) is 0 Å². The van der Waals surface area contributed by atoms with E-state index in [-0.39, 0.29) is 12.5 Å². The lowest BCUT2D eigenvalue weighted by Crippen LogP contribution is -2.42. The van der Waals surface area contributed by atoms with Crippen LogP contribution in [0.5, 0.6) is 0 Å². The maximum atomic E-state index is 10.6. The quantitative estimate of drug-likeness (QED) is 0.391. The van der Waals surface area contributed by atoms with Gasteiger partial charge in [0, 0.05) is 0 Å². The Kier molecular flexibility index (Phi) is 9.92. The summed E-state index contributed by atoms with van der Waals surface area (Å²) in [6.45, 7) is 6.76. The number of carboxylic acids is 1. The van der Waals surface area contributed by atoms with Crippen LogP contribution in [0, 0.1) is 5.92 Å². The average Bonchev–Trinajstić information content (AvgIpc) is 2.25. The molecule has 3 N–H and O–H groups in total. The minimum absolute atomic E-state index is 0.261. The Morgan fingerprint density at radius 1 is 1.33 bits per heavy atom. The van der Waals surface area contributed by atoms with Gasteiger partial charge < -0.3 is 15.1 Å². The summed E-state index contributed by atoms with van der Waals surface area (Å²) in [5.74, 6) is -0.630. The highest BCUT2D eigenvalue weighted by atomic mass is 16.6. The van der Waals surface area contributed by atoms with E-state index in [0.717, 1.165) is 19.3 Å². The van der Waals surface area contributed by atoms with Crippen LogP contribution in [0.25, 0.3) is 0 Å². The van der Waals surface area contributed by atoms with E-state index in [1.807, 2.05) is 13.8 Å². The fourth-order valence-corrected chi connectivity index (χ4v) is 1.70. The number of carboxylic acid groups (broad SMARTS) is 1. The van der Waals surface area contributed by atoms with Crippen molar-refractivity contribution < 1.29 is 19.8 Å². The van der Waals surface area contributed by atoms with Crippen molar-refractivity contribution in [3.05, 3.63) is 0 Å². The number of carbonyl (C=O) groups is 1. The predicted molar refractivity (Wildman–Crippen MR) is 70.1 cm³/mol. The average molecular weight is 261 g/mol. The summed E-state index contributed by atoms with van der Waals surface area (Å²) >= 11 is 0. The molecule has 0 aliphatic rings. The van der Waals surface area contributed by atoms with Gasteiger partial charge in [-0.1, -0.05) is 33.6 Å². The normalized spacial score (nSPS) is 14.7. The number of nitrogens with one attached hydrogen (secondary N) is 1. The number of aliphatic hydroxyl groups is 1. The molecule has 0 aliphatic heterocycles. The number of rotatable bonds is 11. The first-order valence-electron chi connectivity index (χ1n) is 6.74. The highest BCUT2D eigenvalue weighted by Gasteiger charge is 2.22. The van der Waals surface area contributed by atoms with Gasteiger partial charge in [-0.2, -0.15) is 5.48 Å². The minimum atomic E-state index is -0.996. The molecule has 0 fully saturated rings. The molecule has 0 unspecified atom stereocenters. The van der Waals surface area contributed by atoms with E-state index in [2.05, 4.69) is 12.4 Å². The Balaban J connectivity index is 4.01. The van der Waals surface area contributed by atoms with Crippen LogP contribution in [0.1, 0.15) is 52.9 Å². The molecule has 0 aromatic carbocycles. The van der Waals surface area contributed by atoms with E-state index in [1.54, 1.807) is 0 Å². The monoisotopic (exact) mass is 261 g/mol. The topological polar surface area (TPSA) is 78.8 Å². The fraction of sp³-hybridized carbons (Fsp3) is 0.923. The van der Waals surface area contributed by atoms with Crippen LogP contribution in [0.15, 0.2) is 0 Å². The molecule has 0 aromatic heterocycles. The van der Waals surface area contributed by atoms with E-state index < -0.39 is 12.1 Å². The summed E-state index contributed by atoms with van der Waals surface area (Å²) in [6, 6.07) is -0.331. The Labute approximate surface area is 109 Å². The maximum Gasteiger partial charge on any atom is 0.306 e. The summed E-state index contributed by atoms with van der Waals surface area (Å²) < 4.78 is 0. The third-order valence-electron chi connectivity index (χ3n) is 2.66. The highest BCUT2D eigenvalue weighted by molar-refractivity contribution is 5.67. The van der Waals surface area contributed by atoms with E-state index in [0.29, 0.717) is 18.9 Å². The minimum Gasteiger partial charge on any atom is -0.481 e. The van der Waals surface area contributed by atoms with Gasteiger partial charge >= 0.3 is 5.97 Å². The van der Waals surface area contributed by atoms with Crippen LogP contribution in [0.2, 0.25) is 0 Å². The molecular weight excluding hydrogens is 234 g/mol. The first-order chi connectivity index (χ1) is 8.47. The largest absolute Gasteiger partial charge is 0.481 e. The number of unbranched alkanes of at least 4 members (excludes halogenated alkanes) is 2. The summed E-state index contributed by atoms with van der Waals surface area (Å²) in [5, 5.41) is 18.5. The first-order valence-corrected chi connectivity index (χ1v) is 6.74. The van der Waals surface area contributed by atoms with Crippen LogP contribution in [0.4, 0.5) is 0 Å². The second kappa shape index (κ2) is 10.3. The zero-order chi connectivity index (χ0) is 14.0. The van der Waals surface area contributed by atoms with Gasteiger partial charge in [-0.15, -0.1) is 0 Å². The molecule has 0 aromatic rings. The third kappa shape index (κ3) is 9.39. The van der Waals surface area contributed by atoms with Crippen LogP contribution in [-0.4, -0.2) is 34.9 Å². The Morgan fingerprint density at radius 2 is 2.00 bits per heavy atom. The number of hydroxylamine groups is 1. The lowest BCUT2D eigenvalue weighted by molar-refractivity contribution is -0.140. The van der Waals surface area contributed by atoms with E-state index in [1.165, 1.54) is 0 Å². The van der Waals surface area contributed by atoms with Gasteiger partial charge in [-0.3, -0.25) is 4.79 Å². The standard InChI is InChI=1S/C13H27NO4/c1-4-5-6-7-18-14-11(8-10(2)3)12(15)9-13(16)17/h10-12,14-15H,4-9H2,1-3H3,(H,16,17)/t11-,12-/m0/s1. The molecule has 0 spiro atoms. The first kappa shape index (κ1) is 17.4. The molecule has 5 heteroatoms. The van der Waals surface area contributed by atoms with Crippen molar-refractivity contribution in [2.24, 2.45) is 5.92 Å². The van der Waals surface area contributed by atoms with E-state index in [9.17, 15) is 9.90 Å². The van der Waals surface area contributed by atoms with Gasteiger partial charge in [-0.05, 0) is 18.8 Å². The second-order valence-corrected chi connectivity index (χ2v) is 5.07. The molecule has 18 heavy (non-hydrogen) atoms. The van der Waals surface area contributed by atoms with Gasteiger partial charge in [-0.25, -0.2) is 0 Å². The molecule has 0 heterocycles. The van der Waals surface area contributed by atoms with Gasteiger partial charge in [0.25, 0.3) is 0 Å². The summed E-state index contributed by atoms with van der Waals surface area (Å²) in [4.78, 5) is 15.9. The number of aliphatic carboxylic acids is 1. The molecule has 0 saturated heterocycles. The Morgan fingerprint density at radius 3 is 2.50 bits per heavy atom. The zero-order valence-corrected chi connectivity index (χ0v) is 11.7. The number of hydrogen-bond acceptors (Lipinski definition) is 4. The van der Waals surface area contributed by atoms with E-state index in [4.69, 9.17) is 9.94 Å². The van der Waals surface area contributed by atoms with Crippen molar-refractivity contribution >= 4 is 5.97 Å². The maximum absolute atomic E-state index is 10.6. The lowest BCUT2D eigenvalue weighted by Gasteiger charge is -2.24. The van der Waals surface area contributed by atoms with Crippen molar-refractivity contribution in [2.75, 3.05) is 6.61 Å². The van der Waals surface area contributed by atoms with Crippen LogP contribution < -0.4 is 5.48 Å². The number of hydrogen-bond donors (Lipinski definition) is 3. The molecule has 0 saturated carbocycles. The highest BCUT2D eigenvalue weighted by Crippen LogP contribution is 2.11. The summed E-state index contributed by atoms with van der Waals surface area (Å²) in [6.07, 6.45) is 2.70. The van der Waals surface area contributed by atoms with Crippen LogP contribution >= 0.6 is 0 Å². The summed E-state index contributed by atoms with van der Waals surface area (Å²) in [5.41, 5.74) is 2.80. The Hall–Kier alpha value is -0.650.